The topological polar surface area (TPSA) is 79.5 Å². The van der Waals surface area contributed by atoms with Crippen LogP contribution in [0.15, 0.2) is 60.7 Å². The van der Waals surface area contributed by atoms with Crippen LogP contribution in [0.2, 0.25) is 0 Å². The van der Waals surface area contributed by atoms with Crippen molar-refractivity contribution < 1.29 is 14.3 Å². The second kappa shape index (κ2) is 8.50. The maximum Gasteiger partial charge on any atom is 0.269 e. The maximum absolute atomic E-state index is 11.8. The third kappa shape index (κ3) is 5.76. The first-order valence-electron chi connectivity index (χ1n) is 6.78. The minimum absolute atomic E-state index is 0.0176. The third-order valence-electron chi connectivity index (χ3n) is 2.69. The summed E-state index contributed by atoms with van der Waals surface area (Å²) in [6, 6.07) is 17.6. The summed E-state index contributed by atoms with van der Waals surface area (Å²) in [7, 11) is 0. The Bertz CT molecular complexity index is 677. The lowest BCUT2D eigenvalue weighted by Crippen LogP contribution is -2.49. The molecule has 0 heterocycles. The number of hydrogen-bond donors (Lipinski definition) is 3. The Labute approximate surface area is 138 Å². The van der Waals surface area contributed by atoms with Crippen LogP contribution in [-0.2, 0) is 4.79 Å². The van der Waals surface area contributed by atoms with Crippen molar-refractivity contribution in [3.05, 3.63) is 66.2 Å². The second-order valence-corrected chi connectivity index (χ2v) is 4.83. The number of hydrazine groups is 1. The summed E-state index contributed by atoms with van der Waals surface area (Å²) in [4.78, 5) is 23.4. The molecule has 6 nitrogen and oxygen atoms in total. The highest BCUT2D eigenvalue weighted by Crippen LogP contribution is 2.07. The van der Waals surface area contributed by atoms with E-state index < -0.39 is 5.91 Å². The van der Waals surface area contributed by atoms with E-state index in [4.69, 9.17) is 17.0 Å². The summed E-state index contributed by atoms with van der Waals surface area (Å²) < 4.78 is 5.28. The van der Waals surface area contributed by atoms with Crippen molar-refractivity contribution in [3.63, 3.8) is 0 Å². The molecule has 0 aliphatic rings. The molecule has 0 aliphatic carbocycles. The van der Waals surface area contributed by atoms with Gasteiger partial charge >= 0.3 is 0 Å². The fraction of sp³-hybridized carbons (Fsp3) is 0.0625. The SMILES string of the molecule is O=C(COc1ccccc1)NC(=S)NNC(=O)c1ccccc1. The van der Waals surface area contributed by atoms with Gasteiger partial charge < -0.3 is 4.74 Å². The van der Waals surface area contributed by atoms with Crippen molar-refractivity contribution >= 4 is 29.1 Å². The zero-order chi connectivity index (χ0) is 16.5. The van der Waals surface area contributed by atoms with Gasteiger partial charge in [0.1, 0.15) is 5.75 Å². The smallest absolute Gasteiger partial charge is 0.269 e. The average molecular weight is 329 g/mol. The molecule has 118 valence electrons. The van der Waals surface area contributed by atoms with Crippen LogP contribution < -0.4 is 20.9 Å². The zero-order valence-corrected chi connectivity index (χ0v) is 12.9. The number of amides is 2. The number of carbonyl (C=O) groups excluding carboxylic acids is 2. The Balaban J connectivity index is 1.70. The number of benzene rings is 2. The van der Waals surface area contributed by atoms with Crippen LogP contribution in [0.4, 0.5) is 0 Å². The number of hydrogen-bond acceptors (Lipinski definition) is 4. The molecule has 7 heteroatoms. The van der Waals surface area contributed by atoms with E-state index >= 15 is 0 Å². The van der Waals surface area contributed by atoms with Gasteiger partial charge in [0.2, 0.25) is 0 Å². The van der Waals surface area contributed by atoms with Crippen LogP contribution >= 0.6 is 12.2 Å². The molecule has 3 N–H and O–H groups in total. The molecule has 0 saturated heterocycles. The van der Waals surface area contributed by atoms with Crippen molar-refractivity contribution in [1.29, 1.82) is 0 Å². The Kier molecular flexibility index (Phi) is 6.07. The van der Waals surface area contributed by atoms with Crippen LogP contribution in [0.5, 0.6) is 5.75 Å². The number of ether oxygens (including phenoxy) is 1. The van der Waals surface area contributed by atoms with Gasteiger partial charge in [0.05, 0.1) is 0 Å². The van der Waals surface area contributed by atoms with Crippen LogP contribution in [-0.4, -0.2) is 23.5 Å². The van der Waals surface area contributed by atoms with Gasteiger partial charge in [-0.25, -0.2) is 0 Å². The molecule has 2 rings (SSSR count). The van der Waals surface area contributed by atoms with Gasteiger partial charge in [-0.05, 0) is 36.5 Å². The molecule has 0 aromatic heterocycles. The van der Waals surface area contributed by atoms with Crippen molar-refractivity contribution in [2.45, 2.75) is 0 Å². The first kappa shape index (κ1) is 16.4. The summed E-state index contributed by atoms with van der Waals surface area (Å²) >= 11 is 4.92. The van der Waals surface area contributed by atoms with Crippen molar-refractivity contribution in [1.82, 2.24) is 16.2 Å². The van der Waals surface area contributed by atoms with E-state index in [1.165, 1.54) is 0 Å². The molecule has 2 aromatic carbocycles. The molecule has 0 radical (unpaired) electrons. The average Bonchev–Trinajstić information content (AvgIpc) is 2.59. The summed E-state index contributed by atoms with van der Waals surface area (Å²) in [6.45, 7) is -0.182. The van der Waals surface area contributed by atoms with Gasteiger partial charge in [0.25, 0.3) is 11.8 Å². The fourth-order valence-electron chi connectivity index (χ4n) is 1.63. The zero-order valence-electron chi connectivity index (χ0n) is 12.1. The predicted octanol–water partition coefficient (Wildman–Crippen LogP) is 1.40. The van der Waals surface area contributed by atoms with Gasteiger partial charge in [0.15, 0.2) is 11.7 Å². The number of carbonyl (C=O) groups is 2. The van der Waals surface area contributed by atoms with Crippen LogP contribution in [0.3, 0.4) is 0 Å². The lowest BCUT2D eigenvalue weighted by molar-refractivity contribution is -0.121. The fourth-order valence-corrected chi connectivity index (χ4v) is 1.80. The molecule has 23 heavy (non-hydrogen) atoms. The molecule has 2 aromatic rings. The second-order valence-electron chi connectivity index (χ2n) is 4.42. The highest BCUT2D eigenvalue weighted by molar-refractivity contribution is 7.80. The van der Waals surface area contributed by atoms with Crippen molar-refractivity contribution in [2.75, 3.05) is 6.61 Å². The van der Waals surface area contributed by atoms with Gasteiger partial charge in [-0.1, -0.05) is 36.4 Å². The van der Waals surface area contributed by atoms with E-state index in [0.717, 1.165) is 0 Å². The third-order valence-corrected chi connectivity index (χ3v) is 2.90. The minimum Gasteiger partial charge on any atom is -0.484 e. The first-order chi connectivity index (χ1) is 11.1. The summed E-state index contributed by atoms with van der Waals surface area (Å²) in [5.41, 5.74) is 5.32. The van der Waals surface area contributed by atoms with Gasteiger partial charge in [-0.3, -0.25) is 25.8 Å². The van der Waals surface area contributed by atoms with E-state index in [-0.39, 0.29) is 17.6 Å². The highest BCUT2D eigenvalue weighted by Gasteiger charge is 2.08. The Morgan fingerprint density at radius 3 is 2.17 bits per heavy atom. The molecule has 0 spiro atoms. The number of para-hydroxylation sites is 1. The number of rotatable bonds is 4. The molecule has 0 aliphatic heterocycles. The van der Waals surface area contributed by atoms with E-state index in [2.05, 4.69) is 16.2 Å². The quantitative estimate of drug-likeness (QED) is 0.584. The summed E-state index contributed by atoms with van der Waals surface area (Å²) in [5, 5.41) is 2.38. The van der Waals surface area contributed by atoms with Gasteiger partial charge in [-0.2, -0.15) is 0 Å². The van der Waals surface area contributed by atoms with E-state index in [1.807, 2.05) is 12.1 Å². The lowest BCUT2D eigenvalue weighted by atomic mass is 10.2. The Hall–Kier alpha value is -2.93. The molecule has 2 amide bonds. The van der Waals surface area contributed by atoms with Crippen LogP contribution in [0, 0.1) is 0 Å². The standard InChI is InChI=1S/C16H15N3O3S/c20-14(11-22-13-9-5-2-6-10-13)17-16(23)19-18-15(21)12-7-3-1-4-8-12/h1-10H,11H2,(H,18,21)(H2,17,19,20,23). The Morgan fingerprint density at radius 1 is 0.913 bits per heavy atom. The van der Waals surface area contributed by atoms with Gasteiger partial charge in [0, 0.05) is 5.56 Å². The number of thiocarbonyl (C=S) groups is 1. The summed E-state index contributed by atoms with van der Waals surface area (Å²) in [5.74, 6) is -0.207. The predicted molar refractivity (Wildman–Crippen MR) is 89.7 cm³/mol. The van der Waals surface area contributed by atoms with Crippen LogP contribution in [0.1, 0.15) is 10.4 Å². The maximum atomic E-state index is 11.8. The largest absolute Gasteiger partial charge is 0.484 e. The van der Waals surface area contributed by atoms with Crippen molar-refractivity contribution in [3.8, 4) is 5.75 Å². The van der Waals surface area contributed by atoms with Crippen LogP contribution in [0.25, 0.3) is 0 Å². The van der Waals surface area contributed by atoms with Crippen molar-refractivity contribution in [2.24, 2.45) is 0 Å². The summed E-state index contributed by atoms with van der Waals surface area (Å²) in [6.07, 6.45) is 0. The molecule has 0 bridgehead atoms. The van der Waals surface area contributed by atoms with Gasteiger partial charge in [-0.15, -0.1) is 0 Å². The molecule has 0 fully saturated rings. The Morgan fingerprint density at radius 2 is 1.52 bits per heavy atom. The molecule has 0 atom stereocenters. The minimum atomic E-state index is -0.430. The lowest BCUT2D eigenvalue weighted by Gasteiger charge is -2.11. The normalized spacial score (nSPS) is 9.57. The number of nitrogens with one attached hydrogen (secondary N) is 3. The first-order valence-corrected chi connectivity index (χ1v) is 7.19. The molecule has 0 saturated carbocycles. The van der Waals surface area contributed by atoms with E-state index in [0.29, 0.717) is 11.3 Å². The monoisotopic (exact) mass is 329 g/mol. The van der Waals surface area contributed by atoms with E-state index in [9.17, 15) is 9.59 Å². The molecular formula is C16H15N3O3S. The molecular weight excluding hydrogens is 314 g/mol. The van der Waals surface area contributed by atoms with E-state index in [1.54, 1.807) is 48.5 Å². The highest BCUT2D eigenvalue weighted by atomic mass is 32.1. The molecule has 0 unspecified atom stereocenters.